The second-order valence-corrected chi connectivity index (χ2v) is 7.78. The van der Waals surface area contributed by atoms with Crippen LogP contribution in [0.3, 0.4) is 0 Å². The summed E-state index contributed by atoms with van der Waals surface area (Å²) in [5.41, 5.74) is 1.60. The van der Waals surface area contributed by atoms with Crippen molar-refractivity contribution in [3.8, 4) is 0 Å². The largest absolute Gasteiger partial charge is 0.490 e. The lowest BCUT2D eigenvalue weighted by atomic mass is 9.65. The van der Waals surface area contributed by atoms with Gasteiger partial charge in [-0.1, -0.05) is 18.9 Å². The lowest BCUT2D eigenvalue weighted by Crippen LogP contribution is -2.41. The van der Waals surface area contributed by atoms with Gasteiger partial charge in [-0.3, -0.25) is 0 Å². The van der Waals surface area contributed by atoms with Gasteiger partial charge < -0.3 is 9.31 Å². The maximum Gasteiger partial charge on any atom is 0.490 e. The summed E-state index contributed by atoms with van der Waals surface area (Å²) in [5.74, 6) is 0. The van der Waals surface area contributed by atoms with Gasteiger partial charge in [0.05, 0.1) is 11.2 Å². The molecular formula is C16H27BO2. The van der Waals surface area contributed by atoms with Crippen LogP contribution in [-0.4, -0.2) is 18.3 Å². The number of hydrogen-bond donors (Lipinski definition) is 0. The fourth-order valence-electron chi connectivity index (χ4n) is 3.75. The molecule has 1 saturated heterocycles. The second-order valence-electron chi connectivity index (χ2n) is 7.78. The van der Waals surface area contributed by atoms with E-state index in [2.05, 4.69) is 33.8 Å². The van der Waals surface area contributed by atoms with Gasteiger partial charge in [0.25, 0.3) is 0 Å². The van der Waals surface area contributed by atoms with Gasteiger partial charge in [-0.05, 0) is 70.7 Å². The highest BCUT2D eigenvalue weighted by atomic mass is 16.7. The molecule has 19 heavy (non-hydrogen) atoms. The Morgan fingerprint density at radius 1 is 0.947 bits per heavy atom. The first kappa shape index (κ1) is 13.7. The third-order valence-electron chi connectivity index (χ3n) is 5.96. The van der Waals surface area contributed by atoms with Gasteiger partial charge in [0.15, 0.2) is 0 Å². The van der Waals surface area contributed by atoms with E-state index in [9.17, 15) is 0 Å². The summed E-state index contributed by atoms with van der Waals surface area (Å²) in [7, 11) is -0.108. The van der Waals surface area contributed by atoms with Gasteiger partial charge >= 0.3 is 7.12 Å². The molecule has 2 aliphatic carbocycles. The van der Waals surface area contributed by atoms with Crippen LogP contribution in [0.4, 0.5) is 0 Å². The van der Waals surface area contributed by atoms with Crippen molar-refractivity contribution >= 4 is 7.12 Å². The van der Waals surface area contributed by atoms with Gasteiger partial charge in [0.2, 0.25) is 0 Å². The highest BCUT2D eigenvalue weighted by Gasteiger charge is 2.53. The molecule has 3 rings (SSSR count). The molecule has 0 aromatic rings. The Hall–Kier alpha value is -0.275. The van der Waals surface area contributed by atoms with Crippen molar-refractivity contribution in [2.24, 2.45) is 5.41 Å². The van der Waals surface area contributed by atoms with Gasteiger partial charge in [-0.2, -0.15) is 0 Å². The van der Waals surface area contributed by atoms with E-state index < -0.39 is 0 Å². The smallest absolute Gasteiger partial charge is 0.400 e. The van der Waals surface area contributed by atoms with E-state index in [0.29, 0.717) is 5.41 Å². The third-order valence-corrected chi connectivity index (χ3v) is 5.96. The molecule has 0 radical (unpaired) electrons. The molecule has 1 heterocycles. The maximum absolute atomic E-state index is 6.16. The van der Waals surface area contributed by atoms with Crippen molar-refractivity contribution in [3.63, 3.8) is 0 Å². The van der Waals surface area contributed by atoms with Crippen LogP contribution >= 0.6 is 0 Å². The van der Waals surface area contributed by atoms with E-state index in [1.54, 1.807) is 0 Å². The van der Waals surface area contributed by atoms with E-state index in [-0.39, 0.29) is 18.3 Å². The third kappa shape index (κ3) is 2.29. The number of rotatable bonds is 1. The normalized spacial score (nSPS) is 31.8. The first-order chi connectivity index (χ1) is 8.84. The van der Waals surface area contributed by atoms with Crippen LogP contribution in [0.5, 0.6) is 0 Å². The van der Waals surface area contributed by atoms with Gasteiger partial charge in [-0.25, -0.2) is 0 Å². The molecule has 0 amide bonds. The van der Waals surface area contributed by atoms with E-state index in [0.717, 1.165) is 6.42 Å². The molecule has 0 aromatic heterocycles. The molecule has 2 nitrogen and oxygen atoms in total. The van der Waals surface area contributed by atoms with Crippen LogP contribution in [0, 0.1) is 5.41 Å². The Labute approximate surface area is 118 Å². The molecule has 0 atom stereocenters. The first-order valence-electron chi connectivity index (χ1n) is 7.88. The fraction of sp³-hybridized carbons (Fsp3) is 0.875. The average Bonchev–Trinajstić information content (AvgIpc) is 2.84. The number of hydrogen-bond acceptors (Lipinski definition) is 2. The second kappa shape index (κ2) is 4.36. The summed E-state index contributed by atoms with van der Waals surface area (Å²) in [6.45, 7) is 8.54. The van der Waals surface area contributed by atoms with Crippen LogP contribution in [0.25, 0.3) is 0 Å². The zero-order valence-corrected chi connectivity index (χ0v) is 12.9. The minimum atomic E-state index is -0.207. The van der Waals surface area contributed by atoms with Crippen LogP contribution in [-0.2, 0) is 9.31 Å². The summed E-state index contributed by atoms with van der Waals surface area (Å²) in [4.78, 5) is 0. The Morgan fingerprint density at radius 2 is 1.53 bits per heavy atom. The number of allylic oxidation sites excluding steroid dienone is 2. The molecule has 0 bridgehead atoms. The van der Waals surface area contributed by atoms with E-state index in [4.69, 9.17) is 9.31 Å². The Bertz CT molecular complexity index is 376. The Balaban J connectivity index is 1.70. The lowest BCUT2D eigenvalue weighted by Gasteiger charge is -2.33. The quantitative estimate of drug-likeness (QED) is 0.656. The maximum atomic E-state index is 6.16. The highest BCUT2D eigenvalue weighted by Crippen LogP contribution is 2.49. The predicted molar refractivity (Wildman–Crippen MR) is 78.9 cm³/mol. The molecule has 1 aliphatic heterocycles. The monoisotopic (exact) mass is 262 g/mol. The Morgan fingerprint density at radius 3 is 2.00 bits per heavy atom. The van der Waals surface area contributed by atoms with E-state index in [1.807, 2.05) is 0 Å². The van der Waals surface area contributed by atoms with E-state index >= 15 is 0 Å². The SMILES string of the molecule is CC1(C)OB(C2=CCC3(CCCC3)CC2)OC1(C)C. The van der Waals surface area contributed by atoms with Crippen LogP contribution in [0.15, 0.2) is 11.5 Å². The molecule has 3 heteroatoms. The van der Waals surface area contributed by atoms with Gasteiger partial charge in [-0.15, -0.1) is 0 Å². The summed E-state index contributed by atoms with van der Waals surface area (Å²) < 4.78 is 12.3. The zero-order chi connectivity index (χ0) is 13.7. The summed E-state index contributed by atoms with van der Waals surface area (Å²) in [5, 5.41) is 0. The topological polar surface area (TPSA) is 18.5 Å². The van der Waals surface area contributed by atoms with Crippen LogP contribution < -0.4 is 0 Å². The van der Waals surface area contributed by atoms with Crippen molar-refractivity contribution in [3.05, 3.63) is 11.5 Å². The van der Waals surface area contributed by atoms with Gasteiger partial charge in [0.1, 0.15) is 0 Å². The average molecular weight is 262 g/mol. The molecule has 1 spiro atoms. The zero-order valence-electron chi connectivity index (χ0n) is 12.9. The highest BCUT2D eigenvalue weighted by molar-refractivity contribution is 6.54. The molecular weight excluding hydrogens is 235 g/mol. The summed E-state index contributed by atoms with van der Waals surface area (Å²) in [6.07, 6.45) is 11.9. The van der Waals surface area contributed by atoms with Crippen molar-refractivity contribution in [2.75, 3.05) is 0 Å². The standard InChI is InChI=1S/C16H27BO2/c1-14(2)15(3,4)19-17(18-14)13-7-11-16(12-8-13)9-5-6-10-16/h7H,5-6,8-12H2,1-4H3. The van der Waals surface area contributed by atoms with Crippen molar-refractivity contribution in [1.82, 2.24) is 0 Å². The fourth-order valence-corrected chi connectivity index (χ4v) is 3.75. The molecule has 2 fully saturated rings. The predicted octanol–water partition coefficient (Wildman–Crippen LogP) is 4.29. The minimum absolute atomic E-state index is 0.108. The van der Waals surface area contributed by atoms with Gasteiger partial charge in [0, 0.05) is 0 Å². The molecule has 0 N–H and O–H groups in total. The van der Waals surface area contributed by atoms with Crippen molar-refractivity contribution < 1.29 is 9.31 Å². The van der Waals surface area contributed by atoms with E-state index in [1.165, 1.54) is 44.0 Å². The first-order valence-corrected chi connectivity index (χ1v) is 7.88. The summed E-state index contributed by atoms with van der Waals surface area (Å²) in [6, 6.07) is 0. The molecule has 1 saturated carbocycles. The molecule has 106 valence electrons. The summed E-state index contributed by atoms with van der Waals surface area (Å²) >= 11 is 0. The Kier molecular flexibility index (Phi) is 3.14. The lowest BCUT2D eigenvalue weighted by molar-refractivity contribution is 0.00578. The molecule has 3 aliphatic rings. The van der Waals surface area contributed by atoms with Crippen LogP contribution in [0.1, 0.15) is 72.6 Å². The van der Waals surface area contributed by atoms with Crippen LogP contribution in [0.2, 0.25) is 0 Å². The van der Waals surface area contributed by atoms with Crippen molar-refractivity contribution in [2.45, 2.75) is 83.8 Å². The minimum Gasteiger partial charge on any atom is -0.400 e. The van der Waals surface area contributed by atoms with Crippen molar-refractivity contribution in [1.29, 1.82) is 0 Å². The molecule has 0 unspecified atom stereocenters. The molecule has 0 aromatic carbocycles.